The number of nitrogens with two attached hydrogens (primary N) is 1. The smallest absolute Gasteiger partial charge is 0.260 e. The number of nitrogens with one attached hydrogen (secondary N) is 1. The number of hydrogen-bond acceptors (Lipinski definition) is 5. The number of ether oxygens (including phenoxy) is 2. The Bertz CT molecular complexity index is 1200. The maximum atomic E-state index is 13.4. The molecule has 2 heterocycles. The molecular formula is C23H25N3O4S. The minimum absolute atomic E-state index is 0.151. The molecule has 8 heteroatoms. The molecule has 31 heavy (non-hydrogen) atoms. The van der Waals surface area contributed by atoms with Crippen LogP contribution in [0.1, 0.15) is 28.3 Å². The molecule has 0 fully saturated rings. The van der Waals surface area contributed by atoms with Crippen LogP contribution in [0.5, 0.6) is 17.4 Å². The van der Waals surface area contributed by atoms with Crippen LogP contribution in [0, 0.1) is 4.77 Å². The lowest BCUT2D eigenvalue weighted by Crippen LogP contribution is -2.87. The van der Waals surface area contributed by atoms with Crippen molar-refractivity contribution in [3.8, 4) is 17.4 Å². The van der Waals surface area contributed by atoms with Gasteiger partial charge in [-0.1, -0.05) is 30.3 Å². The van der Waals surface area contributed by atoms with Gasteiger partial charge in [-0.05, 0) is 47.8 Å². The lowest BCUT2D eigenvalue weighted by molar-refractivity contribution is -0.690. The summed E-state index contributed by atoms with van der Waals surface area (Å²) in [5.41, 5.74) is 2.79. The van der Waals surface area contributed by atoms with E-state index in [2.05, 4.69) is 4.98 Å². The molecule has 2 aromatic carbocycles. The SMILES string of the molecule is COc1cc2c(cc1OC)[C@H](c1c([O-])n(CCc3ccccc3)c(=S)[nH]c1=O)[NH2+]CC2. The summed E-state index contributed by atoms with van der Waals surface area (Å²) < 4.78 is 12.5. The number of quaternary nitrogens is 1. The number of benzene rings is 2. The first-order chi connectivity index (χ1) is 15.0. The van der Waals surface area contributed by atoms with E-state index in [-0.39, 0.29) is 16.2 Å². The maximum absolute atomic E-state index is 13.4. The van der Waals surface area contributed by atoms with Crippen LogP contribution in [0.15, 0.2) is 47.3 Å². The van der Waals surface area contributed by atoms with E-state index in [4.69, 9.17) is 21.7 Å². The third kappa shape index (κ3) is 4.08. The summed E-state index contributed by atoms with van der Waals surface area (Å²) in [6.45, 7) is 1.16. The third-order valence-corrected chi connectivity index (χ3v) is 6.08. The number of fused-ring (bicyclic) bond motifs is 1. The lowest BCUT2D eigenvalue weighted by atomic mass is 9.90. The Hall–Kier alpha value is -3.10. The lowest BCUT2D eigenvalue weighted by Gasteiger charge is -2.29. The van der Waals surface area contributed by atoms with Gasteiger partial charge in [0.25, 0.3) is 5.56 Å². The highest BCUT2D eigenvalue weighted by atomic mass is 32.1. The normalized spacial score (nSPS) is 15.4. The molecule has 7 nitrogen and oxygen atoms in total. The maximum Gasteiger partial charge on any atom is 0.260 e. The minimum atomic E-state index is -0.435. The summed E-state index contributed by atoms with van der Waals surface area (Å²) in [5, 5.41) is 15.4. The van der Waals surface area contributed by atoms with Crippen LogP contribution in [0.4, 0.5) is 0 Å². The molecule has 162 valence electrons. The first-order valence-electron chi connectivity index (χ1n) is 10.2. The van der Waals surface area contributed by atoms with E-state index in [9.17, 15) is 9.90 Å². The zero-order valence-corrected chi connectivity index (χ0v) is 18.3. The Kier molecular flexibility index (Phi) is 6.11. The summed E-state index contributed by atoms with van der Waals surface area (Å²) in [6.07, 6.45) is 1.46. The molecule has 0 radical (unpaired) electrons. The van der Waals surface area contributed by atoms with Gasteiger partial charge in [-0.2, -0.15) is 0 Å². The van der Waals surface area contributed by atoms with Gasteiger partial charge < -0.3 is 24.5 Å². The van der Waals surface area contributed by atoms with E-state index < -0.39 is 11.6 Å². The fourth-order valence-electron chi connectivity index (χ4n) is 4.18. The molecular weight excluding hydrogens is 414 g/mol. The van der Waals surface area contributed by atoms with Gasteiger partial charge in [-0.25, -0.2) is 0 Å². The van der Waals surface area contributed by atoms with Crippen molar-refractivity contribution in [2.24, 2.45) is 0 Å². The second-order valence-corrected chi connectivity index (χ2v) is 7.91. The van der Waals surface area contributed by atoms with Crippen molar-refractivity contribution in [3.05, 3.63) is 79.8 Å². The second kappa shape index (κ2) is 8.95. The number of aryl methyl sites for hydroxylation is 1. The topological polar surface area (TPSA) is 95.9 Å². The molecule has 3 aromatic rings. The monoisotopic (exact) mass is 439 g/mol. The highest BCUT2D eigenvalue weighted by molar-refractivity contribution is 7.71. The number of aromatic nitrogens is 2. The average Bonchev–Trinajstić information content (AvgIpc) is 2.78. The molecule has 0 unspecified atom stereocenters. The van der Waals surface area contributed by atoms with Crippen molar-refractivity contribution in [2.45, 2.75) is 25.4 Å². The van der Waals surface area contributed by atoms with Crippen LogP contribution >= 0.6 is 12.2 Å². The molecule has 0 bridgehead atoms. The second-order valence-electron chi connectivity index (χ2n) is 7.52. The Morgan fingerprint density at radius 3 is 2.61 bits per heavy atom. The minimum Gasteiger partial charge on any atom is -0.859 e. The molecule has 0 spiro atoms. The Morgan fingerprint density at radius 1 is 1.19 bits per heavy atom. The first kappa shape index (κ1) is 21.1. The average molecular weight is 440 g/mol. The Balaban J connectivity index is 1.77. The van der Waals surface area contributed by atoms with Gasteiger partial charge in [-0.15, -0.1) is 0 Å². The van der Waals surface area contributed by atoms with Crippen molar-refractivity contribution >= 4 is 12.2 Å². The van der Waals surface area contributed by atoms with Gasteiger partial charge in [0.2, 0.25) is 0 Å². The molecule has 0 saturated carbocycles. The largest absolute Gasteiger partial charge is 0.859 e. The van der Waals surface area contributed by atoms with Crippen molar-refractivity contribution < 1.29 is 19.9 Å². The van der Waals surface area contributed by atoms with Gasteiger partial charge in [0.1, 0.15) is 6.04 Å². The Morgan fingerprint density at radius 2 is 1.90 bits per heavy atom. The zero-order valence-electron chi connectivity index (χ0n) is 17.5. The van der Waals surface area contributed by atoms with Crippen LogP contribution in [0.3, 0.4) is 0 Å². The van der Waals surface area contributed by atoms with Crippen molar-refractivity contribution in [3.63, 3.8) is 0 Å². The number of nitrogens with zero attached hydrogens (tertiary/aromatic N) is 1. The molecule has 0 saturated heterocycles. The first-order valence-corrected chi connectivity index (χ1v) is 10.6. The van der Waals surface area contributed by atoms with Crippen LogP contribution in [-0.2, 0) is 19.4 Å². The molecule has 1 aromatic heterocycles. The van der Waals surface area contributed by atoms with E-state index in [0.29, 0.717) is 24.5 Å². The molecule has 0 aliphatic carbocycles. The standard InChI is InChI=1S/C23H25N3O4S/c1-29-17-12-15-8-10-24-20(16(15)13-18(17)30-2)19-21(27)25-23(31)26(22(19)28)11-9-14-6-4-3-5-7-14/h3-7,12-13,20,24,28H,8-11H2,1-2H3,(H,25,27,31)/t20-/m1/s1. The summed E-state index contributed by atoms with van der Waals surface area (Å²) in [4.78, 5) is 15.6. The van der Waals surface area contributed by atoms with Crippen molar-refractivity contribution in [1.82, 2.24) is 9.55 Å². The number of rotatable bonds is 6. The van der Waals surface area contributed by atoms with E-state index in [1.54, 1.807) is 14.2 Å². The third-order valence-electron chi connectivity index (χ3n) is 5.76. The Labute approximate surface area is 185 Å². The predicted molar refractivity (Wildman–Crippen MR) is 117 cm³/mol. The zero-order chi connectivity index (χ0) is 22.0. The van der Waals surface area contributed by atoms with Gasteiger partial charge >= 0.3 is 0 Å². The van der Waals surface area contributed by atoms with Crippen molar-refractivity contribution in [1.29, 1.82) is 0 Å². The van der Waals surface area contributed by atoms with E-state index >= 15 is 0 Å². The summed E-state index contributed by atoms with van der Waals surface area (Å²) in [6, 6.07) is 13.2. The van der Waals surface area contributed by atoms with Gasteiger partial charge in [-0.3, -0.25) is 9.78 Å². The predicted octanol–water partition coefficient (Wildman–Crippen LogP) is 1.45. The van der Waals surface area contributed by atoms with Crippen molar-refractivity contribution in [2.75, 3.05) is 20.8 Å². The van der Waals surface area contributed by atoms with Crippen LogP contribution in [0.25, 0.3) is 0 Å². The number of hydrogen-bond donors (Lipinski definition) is 2. The van der Waals surface area contributed by atoms with E-state index in [1.165, 1.54) is 4.57 Å². The highest BCUT2D eigenvalue weighted by Crippen LogP contribution is 2.36. The number of methoxy groups -OCH3 is 2. The molecule has 0 amide bonds. The van der Waals surface area contributed by atoms with E-state index in [0.717, 1.165) is 29.7 Å². The highest BCUT2D eigenvalue weighted by Gasteiger charge is 2.30. The van der Waals surface area contributed by atoms with Gasteiger partial charge in [0.15, 0.2) is 16.3 Å². The fourth-order valence-corrected chi connectivity index (χ4v) is 4.45. The van der Waals surface area contributed by atoms with Crippen LogP contribution in [0.2, 0.25) is 0 Å². The quantitative estimate of drug-likeness (QED) is 0.567. The molecule has 3 N–H and O–H groups in total. The van der Waals surface area contributed by atoms with Crippen LogP contribution in [-0.4, -0.2) is 30.3 Å². The van der Waals surface area contributed by atoms with Crippen LogP contribution < -0.4 is 25.5 Å². The molecule has 1 aliphatic heterocycles. The van der Waals surface area contributed by atoms with Gasteiger partial charge in [0.05, 0.1) is 26.3 Å². The number of H-pyrrole nitrogens is 1. The molecule has 1 atom stereocenters. The summed E-state index contributed by atoms with van der Waals surface area (Å²) in [5.74, 6) is 0.868. The molecule has 1 aliphatic rings. The van der Waals surface area contributed by atoms with E-state index in [1.807, 2.05) is 47.8 Å². The molecule has 4 rings (SSSR count). The number of aromatic amines is 1. The summed E-state index contributed by atoms with van der Waals surface area (Å²) in [7, 11) is 3.16. The summed E-state index contributed by atoms with van der Waals surface area (Å²) >= 11 is 5.31. The van der Waals surface area contributed by atoms with Gasteiger partial charge in [0, 0.05) is 18.5 Å². The fraction of sp³-hybridized carbons (Fsp3) is 0.304.